The molecule has 0 aliphatic rings. The van der Waals surface area contributed by atoms with E-state index in [4.69, 9.17) is 5.11 Å². The number of anilines is 1. The van der Waals surface area contributed by atoms with Gasteiger partial charge in [-0.25, -0.2) is 4.39 Å². The van der Waals surface area contributed by atoms with Crippen molar-refractivity contribution >= 4 is 15.9 Å². The van der Waals surface area contributed by atoms with Crippen molar-refractivity contribution in [3.8, 4) is 11.8 Å². The van der Waals surface area contributed by atoms with E-state index in [-0.39, 0.29) is 30.2 Å². The van der Waals surface area contributed by atoms with Crippen molar-refractivity contribution in [2.75, 3.05) is 17.9 Å². The van der Waals surface area contributed by atoms with E-state index in [9.17, 15) is 12.8 Å². The molecule has 0 bridgehead atoms. The maximum absolute atomic E-state index is 13.2. The molecule has 0 heterocycles. The summed E-state index contributed by atoms with van der Waals surface area (Å²) in [5.41, 5.74) is 0.413. The lowest BCUT2D eigenvalue weighted by Gasteiger charge is -2.12. The molecular weight excluding hydrogens is 295 g/mol. The predicted molar refractivity (Wildman–Crippen MR) is 80.4 cm³/mol. The second-order valence-corrected chi connectivity index (χ2v) is 6.31. The van der Waals surface area contributed by atoms with Gasteiger partial charge < -0.3 is 5.11 Å². The van der Waals surface area contributed by atoms with Gasteiger partial charge in [-0.3, -0.25) is 4.72 Å². The van der Waals surface area contributed by atoms with Crippen molar-refractivity contribution in [3.05, 3.63) is 29.6 Å². The van der Waals surface area contributed by atoms with Crippen LogP contribution in [-0.2, 0) is 10.2 Å². The summed E-state index contributed by atoms with van der Waals surface area (Å²) in [5, 5.41) is 8.68. The van der Waals surface area contributed by atoms with Crippen molar-refractivity contribution in [3.63, 3.8) is 0 Å². The highest BCUT2D eigenvalue weighted by Gasteiger charge is 2.12. The number of halogens is 1. The summed E-state index contributed by atoms with van der Waals surface area (Å²) in [6, 6.07) is 3.61. The number of hydrogen-bond acceptors (Lipinski definition) is 3. The van der Waals surface area contributed by atoms with Gasteiger partial charge in [0.15, 0.2) is 0 Å². The lowest BCUT2D eigenvalue weighted by atomic mass is 10.2. The van der Waals surface area contributed by atoms with Crippen LogP contribution in [-0.4, -0.2) is 26.7 Å². The molecule has 1 aromatic rings. The fraction of sp³-hybridized carbons (Fsp3) is 0.429. The molecule has 0 aliphatic carbocycles. The molecule has 0 amide bonds. The molecule has 21 heavy (non-hydrogen) atoms. The summed E-state index contributed by atoms with van der Waals surface area (Å²) in [4.78, 5) is 0. The van der Waals surface area contributed by atoms with Gasteiger partial charge in [0.25, 0.3) is 10.2 Å². The van der Waals surface area contributed by atoms with Crippen LogP contribution in [0.25, 0.3) is 0 Å². The van der Waals surface area contributed by atoms with Crippen molar-refractivity contribution in [2.24, 2.45) is 5.92 Å². The third-order valence-corrected chi connectivity index (χ3v) is 3.40. The van der Waals surface area contributed by atoms with Crippen LogP contribution in [0.4, 0.5) is 10.1 Å². The number of rotatable bonds is 6. The van der Waals surface area contributed by atoms with Crippen LogP contribution in [0.15, 0.2) is 18.2 Å². The minimum atomic E-state index is -3.74. The van der Waals surface area contributed by atoms with Crippen LogP contribution >= 0.6 is 0 Å². The van der Waals surface area contributed by atoms with Crippen LogP contribution in [0.2, 0.25) is 0 Å². The number of nitrogens with one attached hydrogen (secondary N) is 2. The average Bonchev–Trinajstić information content (AvgIpc) is 2.40. The van der Waals surface area contributed by atoms with Crippen molar-refractivity contribution in [2.45, 2.75) is 20.3 Å². The average molecular weight is 314 g/mol. The molecule has 0 unspecified atom stereocenters. The van der Waals surface area contributed by atoms with E-state index in [0.29, 0.717) is 6.54 Å². The molecule has 0 aromatic heterocycles. The smallest absolute Gasteiger partial charge is 0.299 e. The molecular formula is C14H19FN2O3S. The minimum Gasteiger partial charge on any atom is -0.395 e. The van der Waals surface area contributed by atoms with Crippen molar-refractivity contribution in [1.82, 2.24) is 4.72 Å². The summed E-state index contributed by atoms with van der Waals surface area (Å²) in [5.74, 6) is 4.92. The second-order valence-electron chi connectivity index (χ2n) is 4.81. The van der Waals surface area contributed by atoms with Gasteiger partial charge in [-0.1, -0.05) is 25.7 Å². The maximum atomic E-state index is 13.2. The van der Waals surface area contributed by atoms with Crippen molar-refractivity contribution in [1.29, 1.82) is 0 Å². The van der Waals surface area contributed by atoms with E-state index >= 15 is 0 Å². The molecule has 0 saturated heterocycles. The normalized spacial score (nSPS) is 11.1. The molecule has 0 saturated carbocycles. The van der Waals surface area contributed by atoms with Gasteiger partial charge >= 0.3 is 0 Å². The number of aliphatic hydroxyl groups is 1. The Morgan fingerprint density at radius 2 is 2.10 bits per heavy atom. The second kappa shape index (κ2) is 7.98. The standard InChI is InChI=1S/C14H19FN2O3S/c1-11(2)10-16-21(19,20)17-14-7-6-13(15)9-12(14)5-3-4-8-18/h6-7,9,11,16-18H,4,8,10H2,1-2H3. The quantitative estimate of drug-likeness (QED) is 0.696. The lowest BCUT2D eigenvalue weighted by Crippen LogP contribution is -2.33. The molecule has 5 nitrogen and oxygen atoms in total. The third-order valence-electron chi connectivity index (χ3n) is 2.37. The first-order chi connectivity index (χ1) is 9.84. The number of benzene rings is 1. The van der Waals surface area contributed by atoms with Crippen LogP contribution in [0, 0.1) is 23.6 Å². The Morgan fingerprint density at radius 1 is 1.38 bits per heavy atom. The first-order valence-electron chi connectivity index (χ1n) is 6.50. The van der Waals surface area contributed by atoms with E-state index in [1.54, 1.807) is 0 Å². The van der Waals surface area contributed by atoms with Gasteiger partial charge in [0.2, 0.25) is 0 Å². The Labute approximate surface area is 124 Å². The van der Waals surface area contributed by atoms with Crippen LogP contribution in [0.5, 0.6) is 0 Å². The molecule has 3 N–H and O–H groups in total. The number of hydrogen-bond donors (Lipinski definition) is 3. The highest BCUT2D eigenvalue weighted by Crippen LogP contribution is 2.17. The van der Waals surface area contributed by atoms with Crippen LogP contribution in [0.1, 0.15) is 25.8 Å². The van der Waals surface area contributed by atoms with Crippen LogP contribution < -0.4 is 9.44 Å². The van der Waals surface area contributed by atoms with Gasteiger partial charge in [0.05, 0.1) is 17.9 Å². The molecule has 0 spiro atoms. The Hall–Kier alpha value is -1.62. The van der Waals surface area contributed by atoms with E-state index in [2.05, 4.69) is 21.3 Å². The van der Waals surface area contributed by atoms with Crippen LogP contribution in [0.3, 0.4) is 0 Å². The SMILES string of the molecule is CC(C)CNS(=O)(=O)Nc1ccc(F)cc1C#CCCO. The summed E-state index contributed by atoms with van der Waals surface area (Å²) in [6.45, 7) is 3.94. The molecule has 1 rings (SSSR count). The fourth-order valence-electron chi connectivity index (χ4n) is 1.38. The molecule has 0 fully saturated rings. The molecule has 1 aromatic carbocycles. The van der Waals surface area contributed by atoms with E-state index in [1.807, 2.05) is 13.8 Å². The van der Waals surface area contributed by atoms with Crippen molar-refractivity contribution < 1.29 is 17.9 Å². The van der Waals surface area contributed by atoms with Gasteiger partial charge in [0.1, 0.15) is 5.82 Å². The van der Waals surface area contributed by atoms with E-state index in [1.165, 1.54) is 6.07 Å². The minimum absolute atomic E-state index is 0.112. The zero-order chi connectivity index (χ0) is 15.9. The van der Waals surface area contributed by atoms with Gasteiger partial charge in [0, 0.05) is 13.0 Å². The zero-order valence-corrected chi connectivity index (χ0v) is 12.8. The Bertz CT molecular complexity index is 633. The summed E-state index contributed by atoms with van der Waals surface area (Å²) in [6.07, 6.45) is 0.230. The molecule has 0 aliphatic heterocycles. The summed E-state index contributed by atoms with van der Waals surface area (Å²) >= 11 is 0. The first-order valence-corrected chi connectivity index (χ1v) is 7.99. The van der Waals surface area contributed by atoms with E-state index in [0.717, 1.165) is 12.1 Å². The first kappa shape index (κ1) is 17.4. The zero-order valence-electron chi connectivity index (χ0n) is 12.0. The predicted octanol–water partition coefficient (Wildman–Crippen LogP) is 1.46. The highest BCUT2D eigenvalue weighted by atomic mass is 32.2. The lowest BCUT2D eigenvalue weighted by molar-refractivity contribution is 0.305. The summed E-state index contributed by atoms with van der Waals surface area (Å²) in [7, 11) is -3.74. The molecule has 0 radical (unpaired) electrons. The molecule has 116 valence electrons. The topological polar surface area (TPSA) is 78.4 Å². The fourth-order valence-corrected chi connectivity index (χ4v) is 2.47. The summed E-state index contributed by atoms with van der Waals surface area (Å²) < 4.78 is 41.7. The van der Waals surface area contributed by atoms with Gasteiger partial charge in [-0.05, 0) is 24.1 Å². The van der Waals surface area contributed by atoms with Gasteiger partial charge in [-0.15, -0.1) is 0 Å². The number of aliphatic hydroxyl groups excluding tert-OH is 1. The largest absolute Gasteiger partial charge is 0.395 e. The van der Waals surface area contributed by atoms with Gasteiger partial charge in [-0.2, -0.15) is 13.1 Å². The Balaban J connectivity index is 2.95. The van der Waals surface area contributed by atoms with E-state index < -0.39 is 16.0 Å². The Kier molecular flexibility index (Phi) is 6.62. The Morgan fingerprint density at radius 3 is 2.71 bits per heavy atom. The third kappa shape index (κ3) is 6.58. The molecule has 0 atom stereocenters. The maximum Gasteiger partial charge on any atom is 0.299 e. The molecule has 7 heteroatoms. The highest BCUT2D eigenvalue weighted by molar-refractivity contribution is 7.90. The monoisotopic (exact) mass is 314 g/mol.